The van der Waals surface area contributed by atoms with Gasteiger partial charge in [-0.05, 0) is 31.6 Å². The number of hydrogen-bond donors (Lipinski definition) is 1. The molecule has 0 aliphatic heterocycles. The van der Waals surface area contributed by atoms with Gasteiger partial charge in [-0.1, -0.05) is 12.0 Å². The molecule has 16 heavy (non-hydrogen) atoms. The predicted octanol–water partition coefficient (Wildman–Crippen LogP) is 1.54. The van der Waals surface area contributed by atoms with Crippen LogP contribution in [-0.2, 0) is 6.54 Å². The van der Waals surface area contributed by atoms with E-state index in [9.17, 15) is 0 Å². The van der Waals surface area contributed by atoms with Crippen LogP contribution in [0.2, 0.25) is 0 Å². The summed E-state index contributed by atoms with van der Waals surface area (Å²) in [6.45, 7) is 2.62. The van der Waals surface area contributed by atoms with Gasteiger partial charge in [-0.15, -0.1) is 5.10 Å². The summed E-state index contributed by atoms with van der Waals surface area (Å²) in [6, 6.07) is 1.13. The molecule has 5 heteroatoms. The molecule has 1 fully saturated rings. The van der Waals surface area contributed by atoms with Crippen molar-refractivity contribution in [2.75, 3.05) is 11.9 Å². The van der Waals surface area contributed by atoms with E-state index in [4.69, 9.17) is 10.2 Å². The lowest BCUT2D eigenvalue weighted by Gasteiger charge is -2.32. The van der Waals surface area contributed by atoms with Gasteiger partial charge in [0.15, 0.2) is 0 Å². The molecule has 0 amide bonds. The predicted molar refractivity (Wildman–Crippen MR) is 62.0 cm³/mol. The molecule has 0 aromatic carbocycles. The van der Waals surface area contributed by atoms with E-state index in [1.807, 2.05) is 7.05 Å². The van der Waals surface area contributed by atoms with Gasteiger partial charge in [0.1, 0.15) is 0 Å². The van der Waals surface area contributed by atoms with Crippen LogP contribution in [-0.4, -0.2) is 23.3 Å². The molecule has 0 radical (unpaired) electrons. The minimum absolute atomic E-state index is 0.308. The zero-order chi connectivity index (χ0) is 11.5. The van der Waals surface area contributed by atoms with Crippen molar-refractivity contribution >= 4 is 6.01 Å². The summed E-state index contributed by atoms with van der Waals surface area (Å²) in [5, 5.41) is 7.89. The molecule has 1 aromatic rings. The van der Waals surface area contributed by atoms with Crippen LogP contribution in [0.15, 0.2) is 4.42 Å². The molecule has 0 bridgehead atoms. The highest BCUT2D eigenvalue weighted by molar-refractivity contribution is 5.24. The Kier molecular flexibility index (Phi) is 3.43. The molecule has 1 heterocycles. The Bertz CT molecular complexity index is 330. The van der Waals surface area contributed by atoms with Gasteiger partial charge in [-0.3, -0.25) is 0 Å². The van der Waals surface area contributed by atoms with Crippen LogP contribution in [0, 0.1) is 5.92 Å². The minimum Gasteiger partial charge on any atom is -0.407 e. The molecule has 1 saturated carbocycles. The number of rotatable bonds is 3. The highest BCUT2D eigenvalue weighted by Gasteiger charge is 2.24. The highest BCUT2D eigenvalue weighted by atomic mass is 16.4. The molecule has 1 aromatic heterocycles. The first-order valence-corrected chi connectivity index (χ1v) is 5.96. The number of aromatic nitrogens is 2. The van der Waals surface area contributed by atoms with E-state index in [1.165, 1.54) is 25.7 Å². The fourth-order valence-corrected chi connectivity index (χ4v) is 2.26. The van der Waals surface area contributed by atoms with Crippen molar-refractivity contribution in [2.45, 2.75) is 45.2 Å². The molecular formula is C11H20N4O. The number of hydrogen-bond acceptors (Lipinski definition) is 5. The van der Waals surface area contributed by atoms with Crippen molar-refractivity contribution in [3.8, 4) is 0 Å². The number of anilines is 1. The van der Waals surface area contributed by atoms with Gasteiger partial charge in [-0.2, -0.15) is 0 Å². The molecule has 2 rings (SSSR count). The Morgan fingerprint density at radius 2 is 2.00 bits per heavy atom. The van der Waals surface area contributed by atoms with Crippen LogP contribution >= 0.6 is 0 Å². The molecular weight excluding hydrogens is 204 g/mol. The third-order valence-corrected chi connectivity index (χ3v) is 3.47. The molecule has 1 aliphatic rings. The van der Waals surface area contributed by atoms with Crippen LogP contribution in [0.1, 0.15) is 38.5 Å². The normalized spacial score (nSPS) is 25.7. The van der Waals surface area contributed by atoms with E-state index in [2.05, 4.69) is 22.0 Å². The lowest BCUT2D eigenvalue weighted by molar-refractivity contribution is 0.330. The maximum Gasteiger partial charge on any atom is 0.318 e. The average molecular weight is 224 g/mol. The Balaban J connectivity index is 1.98. The molecule has 0 unspecified atom stereocenters. The summed E-state index contributed by atoms with van der Waals surface area (Å²) in [4.78, 5) is 2.10. The quantitative estimate of drug-likeness (QED) is 0.843. The van der Waals surface area contributed by atoms with Crippen LogP contribution in [0.5, 0.6) is 0 Å². The SMILES string of the molecule is CC1CCC(N(C)c2nnc(CN)o2)CC1. The Morgan fingerprint density at radius 1 is 1.31 bits per heavy atom. The fourth-order valence-electron chi connectivity index (χ4n) is 2.26. The summed E-state index contributed by atoms with van der Waals surface area (Å²) in [6.07, 6.45) is 4.98. The smallest absolute Gasteiger partial charge is 0.318 e. The second kappa shape index (κ2) is 4.82. The van der Waals surface area contributed by atoms with Gasteiger partial charge < -0.3 is 15.1 Å². The lowest BCUT2D eigenvalue weighted by Crippen LogP contribution is -2.35. The third-order valence-electron chi connectivity index (χ3n) is 3.47. The van der Waals surface area contributed by atoms with Crippen molar-refractivity contribution in [1.29, 1.82) is 0 Å². The molecule has 0 spiro atoms. The van der Waals surface area contributed by atoms with E-state index in [0.29, 0.717) is 24.5 Å². The summed E-state index contributed by atoms with van der Waals surface area (Å²) in [5.41, 5.74) is 5.45. The Labute approximate surface area is 96.0 Å². The molecule has 5 nitrogen and oxygen atoms in total. The first kappa shape index (κ1) is 11.4. The second-order valence-electron chi connectivity index (χ2n) is 4.71. The standard InChI is InChI=1S/C11H20N4O/c1-8-3-5-9(6-4-8)15(2)11-14-13-10(7-12)16-11/h8-9H,3-7,12H2,1-2H3. The van der Waals surface area contributed by atoms with E-state index in [-0.39, 0.29) is 0 Å². The van der Waals surface area contributed by atoms with Crippen LogP contribution in [0.3, 0.4) is 0 Å². The summed E-state index contributed by atoms with van der Waals surface area (Å²) < 4.78 is 5.45. The molecule has 0 atom stereocenters. The van der Waals surface area contributed by atoms with Crippen molar-refractivity contribution in [2.24, 2.45) is 11.7 Å². The largest absolute Gasteiger partial charge is 0.407 e. The van der Waals surface area contributed by atoms with Crippen LogP contribution < -0.4 is 10.6 Å². The van der Waals surface area contributed by atoms with Gasteiger partial charge in [0, 0.05) is 13.1 Å². The van der Waals surface area contributed by atoms with E-state index in [1.54, 1.807) is 0 Å². The number of nitrogens with zero attached hydrogens (tertiary/aromatic N) is 3. The third kappa shape index (κ3) is 2.35. The zero-order valence-corrected chi connectivity index (χ0v) is 10.0. The van der Waals surface area contributed by atoms with Crippen LogP contribution in [0.4, 0.5) is 6.01 Å². The summed E-state index contributed by atoms with van der Waals surface area (Å²) in [7, 11) is 2.02. The average Bonchev–Trinajstić information content (AvgIpc) is 2.77. The first-order valence-electron chi connectivity index (χ1n) is 5.96. The second-order valence-corrected chi connectivity index (χ2v) is 4.71. The molecule has 90 valence electrons. The minimum atomic E-state index is 0.308. The van der Waals surface area contributed by atoms with Crippen molar-refractivity contribution in [3.63, 3.8) is 0 Å². The van der Waals surface area contributed by atoms with Crippen molar-refractivity contribution in [3.05, 3.63) is 5.89 Å². The maximum atomic E-state index is 5.45. The summed E-state index contributed by atoms with van der Waals surface area (Å²) >= 11 is 0. The topological polar surface area (TPSA) is 68.2 Å². The van der Waals surface area contributed by atoms with E-state index >= 15 is 0 Å². The zero-order valence-electron chi connectivity index (χ0n) is 10.0. The number of nitrogens with two attached hydrogens (primary N) is 1. The lowest BCUT2D eigenvalue weighted by atomic mass is 9.87. The summed E-state index contributed by atoms with van der Waals surface area (Å²) in [5.74, 6) is 1.36. The van der Waals surface area contributed by atoms with Gasteiger partial charge in [0.2, 0.25) is 5.89 Å². The first-order chi connectivity index (χ1) is 7.70. The molecule has 0 saturated heterocycles. The van der Waals surface area contributed by atoms with E-state index < -0.39 is 0 Å². The highest BCUT2D eigenvalue weighted by Crippen LogP contribution is 2.28. The van der Waals surface area contributed by atoms with E-state index in [0.717, 1.165) is 5.92 Å². The molecule has 2 N–H and O–H groups in total. The Morgan fingerprint density at radius 3 is 2.56 bits per heavy atom. The molecule has 1 aliphatic carbocycles. The van der Waals surface area contributed by atoms with Gasteiger partial charge >= 0.3 is 6.01 Å². The monoisotopic (exact) mass is 224 g/mol. The van der Waals surface area contributed by atoms with Crippen molar-refractivity contribution in [1.82, 2.24) is 10.2 Å². The fraction of sp³-hybridized carbons (Fsp3) is 0.818. The Hall–Kier alpha value is -1.10. The van der Waals surface area contributed by atoms with Gasteiger partial charge in [0.05, 0.1) is 6.54 Å². The van der Waals surface area contributed by atoms with Crippen molar-refractivity contribution < 1.29 is 4.42 Å². The van der Waals surface area contributed by atoms with Crippen LogP contribution in [0.25, 0.3) is 0 Å². The maximum absolute atomic E-state index is 5.45. The van der Waals surface area contributed by atoms with Gasteiger partial charge in [0.25, 0.3) is 0 Å². The van der Waals surface area contributed by atoms with Gasteiger partial charge in [-0.25, -0.2) is 0 Å².